The Morgan fingerprint density at radius 1 is 1.25 bits per heavy atom. The van der Waals surface area contributed by atoms with Gasteiger partial charge in [-0.05, 0) is 24.1 Å². The maximum atomic E-state index is 14.1. The summed E-state index contributed by atoms with van der Waals surface area (Å²) in [6, 6.07) is 8.34. The number of hydrogen-bond acceptors (Lipinski definition) is 3. The monoisotopic (exact) mass is 270 g/mol. The van der Waals surface area contributed by atoms with Crippen LogP contribution in [-0.2, 0) is 0 Å². The van der Waals surface area contributed by atoms with E-state index < -0.39 is 5.82 Å². The van der Waals surface area contributed by atoms with E-state index in [2.05, 4.69) is 4.98 Å². The summed E-state index contributed by atoms with van der Waals surface area (Å²) in [5.74, 6) is 0.118. The number of pyridine rings is 1. The topological polar surface area (TPSA) is 45.9 Å². The quantitative estimate of drug-likeness (QED) is 0.850. The fourth-order valence-electron chi connectivity index (χ4n) is 2.02. The van der Waals surface area contributed by atoms with Crippen molar-refractivity contribution in [2.75, 3.05) is 7.11 Å². The van der Waals surface area contributed by atoms with Gasteiger partial charge in [0.1, 0.15) is 17.6 Å². The van der Waals surface area contributed by atoms with Crippen molar-refractivity contribution in [3.63, 3.8) is 0 Å². The molecule has 0 radical (unpaired) electrons. The number of benzene rings is 1. The van der Waals surface area contributed by atoms with Crippen molar-refractivity contribution in [1.82, 2.24) is 4.98 Å². The van der Waals surface area contributed by atoms with Gasteiger partial charge in [-0.2, -0.15) is 5.26 Å². The molecular weight excluding hydrogens is 255 g/mol. The van der Waals surface area contributed by atoms with Gasteiger partial charge in [0.15, 0.2) is 0 Å². The second-order valence-electron chi connectivity index (χ2n) is 4.74. The van der Waals surface area contributed by atoms with Crippen LogP contribution in [0.2, 0.25) is 0 Å². The zero-order chi connectivity index (χ0) is 14.7. The molecule has 2 rings (SSSR count). The Labute approximate surface area is 117 Å². The lowest BCUT2D eigenvalue weighted by atomic mass is 10.0. The van der Waals surface area contributed by atoms with Crippen LogP contribution in [0.5, 0.6) is 5.75 Å². The molecule has 0 saturated heterocycles. The molecule has 0 N–H and O–H groups in total. The van der Waals surface area contributed by atoms with Crippen LogP contribution >= 0.6 is 0 Å². The third kappa shape index (κ3) is 2.48. The molecule has 0 fully saturated rings. The first-order valence-corrected chi connectivity index (χ1v) is 6.31. The minimum Gasteiger partial charge on any atom is -0.495 e. The number of nitriles is 1. The molecule has 1 aromatic heterocycles. The molecule has 102 valence electrons. The van der Waals surface area contributed by atoms with Crippen LogP contribution in [0.4, 0.5) is 4.39 Å². The van der Waals surface area contributed by atoms with Gasteiger partial charge < -0.3 is 4.74 Å². The highest BCUT2D eigenvalue weighted by Crippen LogP contribution is 2.35. The van der Waals surface area contributed by atoms with Crippen molar-refractivity contribution in [3.8, 4) is 22.9 Å². The van der Waals surface area contributed by atoms with E-state index in [0.29, 0.717) is 17.0 Å². The summed E-state index contributed by atoms with van der Waals surface area (Å²) >= 11 is 0. The first kappa shape index (κ1) is 14.0. The molecule has 0 unspecified atom stereocenters. The Kier molecular flexibility index (Phi) is 3.99. The zero-order valence-corrected chi connectivity index (χ0v) is 11.6. The van der Waals surface area contributed by atoms with Crippen LogP contribution in [-0.4, -0.2) is 12.1 Å². The summed E-state index contributed by atoms with van der Waals surface area (Å²) in [5.41, 5.74) is 2.11. The highest BCUT2D eigenvalue weighted by atomic mass is 19.1. The Morgan fingerprint density at radius 3 is 2.50 bits per heavy atom. The third-order valence-corrected chi connectivity index (χ3v) is 3.10. The lowest BCUT2D eigenvalue weighted by Crippen LogP contribution is -1.97. The van der Waals surface area contributed by atoms with Crippen molar-refractivity contribution in [3.05, 3.63) is 47.5 Å². The molecule has 0 amide bonds. The smallest absolute Gasteiger partial charge is 0.147 e. The van der Waals surface area contributed by atoms with Gasteiger partial charge in [-0.25, -0.2) is 4.39 Å². The summed E-state index contributed by atoms with van der Waals surface area (Å²) in [7, 11) is 1.43. The predicted molar refractivity (Wildman–Crippen MR) is 75.0 cm³/mol. The summed E-state index contributed by atoms with van der Waals surface area (Å²) in [6.45, 7) is 4.08. The number of hydrogen-bond donors (Lipinski definition) is 0. The number of aromatic nitrogens is 1. The SMILES string of the molecule is COc1c(C#N)ccc(F)c1-c1ccc(C(C)C)nc1. The third-order valence-electron chi connectivity index (χ3n) is 3.10. The molecule has 2 aromatic rings. The molecule has 1 heterocycles. The Hall–Kier alpha value is -2.41. The van der Waals surface area contributed by atoms with Gasteiger partial charge in [-0.15, -0.1) is 0 Å². The Balaban J connectivity index is 2.60. The molecule has 0 spiro atoms. The van der Waals surface area contributed by atoms with Crippen molar-refractivity contribution in [2.45, 2.75) is 19.8 Å². The maximum Gasteiger partial charge on any atom is 0.147 e. The highest BCUT2D eigenvalue weighted by molar-refractivity contribution is 5.74. The fourth-order valence-corrected chi connectivity index (χ4v) is 2.02. The standard InChI is InChI=1S/C16H15FN2O/c1-10(2)14-7-5-12(9-19-14)15-13(17)6-4-11(8-18)16(15)20-3/h4-7,9-10H,1-3H3. The van der Waals surface area contributed by atoms with Crippen LogP contribution in [0.15, 0.2) is 30.5 Å². The molecule has 20 heavy (non-hydrogen) atoms. The minimum absolute atomic E-state index is 0.242. The van der Waals surface area contributed by atoms with E-state index >= 15 is 0 Å². The Bertz CT molecular complexity index is 657. The molecule has 4 heteroatoms. The van der Waals surface area contributed by atoms with Crippen molar-refractivity contribution in [2.24, 2.45) is 0 Å². The van der Waals surface area contributed by atoms with Crippen LogP contribution in [0.3, 0.4) is 0 Å². The van der Waals surface area contributed by atoms with Gasteiger partial charge >= 0.3 is 0 Å². The molecule has 0 atom stereocenters. The predicted octanol–water partition coefficient (Wildman–Crippen LogP) is 3.89. The molecule has 0 saturated carbocycles. The van der Waals surface area contributed by atoms with Crippen molar-refractivity contribution < 1.29 is 9.13 Å². The molecule has 0 bridgehead atoms. The number of halogens is 1. The summed E-state index contributed by atoms with van der Waals surface area (Å²) in [5, 5.41) is 9.06. The summed E-state index contributed by atoms with van der Waals surface area (Å²) in [6.07, 6.45) is 1.61. The van der Waals surface area contributed by atoms with Crippen molar-refractivity contribution >= 4 is 0 Å². The molecule has 0 aliphatic heterocycles. The second kappa shape index (κ2) is 5.70. The second-order valence-corrected chi connectivity index (χ2v) is 4.74. The van der Waals surface area contributed by atoms with E-state index in [1.165, 1.54) is 19.2 Å². The summed E-state index contributed by atoms with van der Waals surface area (Å²) in [4.78, 5) is 4.32. The fraction of sp³-hybridized carbons (Fsp3) is 0.250. The van der Waals surface area contributed by atoms with Crippen molar-refractivity contribution in [1.29, 1.82) is 5.26 Å². The average Bonchev–Trinajstić information content (AvgIpc) is 2.46. The number of ether oxygens (including phenoxy) is 1. The summed E-state index contributed by atoms with van der Waals surface area (Å²) < 4.78 is 19.3. The number of nitrogens with zero attached hydrogens (tertiary/aromatic N) is 2. The highest BCUT2D eigenvalue weighted by Gasteiger charge is 2.16. The molecule has 3 nitrogen and oxygen atoms in total. The van der Waals surface area contributed by atoms with E-state index in [-0.39, 0.29) is 11.3 Å². The largest absolute Gasteiger partial charge is 0.495 e. The van der Waals surface area contributed by atoms with Crippen LogP contribution in [0, 0.1) is 17.1 Å². The molecule has 1 aromatic carbocycles. The zero-order valence-electron chi connectivity index (χ0n) is 11.6. The van der Waals surface area contributed by atoms with Crippen LogP contribution in [0.25, 0.3) is 11.1 Å². The first-order valence-electron chi connectivity index (χ1n) is 6.31. The maximum absolute atomic E-state index is 14.1. The van der Waals surface area contributed by atoms with E-state index in [0.717, 1.165) is 5.69 Å². The van der Waals surface area contributed by atoms with Crippen LogP contribution < -0.4 is 4.74 Å². The normalized spacial score (nSPS) is 10.4. The molecule has 0 aliphatic carbocycles. The van der Waals surface area contributed by atoms with Gasteiger partial charge in [0.2, 0.25) is 0 Å². The van der Waals surface area contributed by atoms with E-state index in [4.69, 9.17) is 10.00 Å². The first-order chi connectivity index (χ1) is 9.58. The average molecular weight is 270 g/mol. The van der Waals surface area contributed by atoms with E-state index in [1.807, 2.05) is 26.0 Å². The van der Waals surface area contributed by atoms with Gasteiger partial charge in [-0.3, -0.25) is 4.98 Å². The van der Waals surface area contributed by atoms with Crippen LogP contribution in [0.1, 0.15) is 31.0 Å². The van der Waals surface area contributed by atoms with E-state index in [1.54, 1.807) is 12.3 Å². The van der Waals surface area contributed by atoms with Gasteiger partial charge in [0.25, 0.3) is 0 Å². The number of rotatable bonds is 3. The van der Waals surface area contributed by atoms with Gasteiger partial charge in [0.05, 0.1) is 18.2 Å². The molecular formula is C16H15FN2O. The lowest BCUT2D eigenvalue weighted by Gasteiger charge is -2.12. The Morgan fingerprint density at radius 2 is 2.00 bits per heavy atom. The van der Waals surface area contributed by atoms with Gasteiger partial charge in [-0.1, -0.05) is 19.9 Å². The van der Waals surface area contributed by atoms with Gasteiger partial charge in [0, 0.05) is 17.5 Å². The number of methoxy groups -OCH3 is 1. The van der Waals surface area contributed by atoms with E-state index in [9.17, 15) is 4.39 Å². The molecule has 0 aliphatic rings. The lowest BCUT2D eigenvalue weighted by molar-refractivity contribution is 0.412. The minimum atomic E-state index is -0.431.